The second-order valence-corrected chi connectivity index (χ2v) is 6.79. The van der Waals surface area contributed by atoms with Gasteiger partial charge < -0.3 is 9.84 Å². The molecule has 1 N–H and O–H groups in total. The molecule has 0 aliphatic rings. The van der Waals surface area contributed by atoms with Gasteiger partial charge in [-0.15, -0.1) is 0 Å². The molecule has 0 aliphatic heterocycles. The highest BCUT2D eigenvalue weighted by molar-refractivity contribution is 7.08. The molecular formula is C18H17F3N4O2S. The molecule has 0 bridgehead atoms. The van der Waals surface area contributed by atoms with Gasteiger partial charge in [-0.05, 0) is 36.5 Å². The second-order valence-electron chi connectivity index (χ2n) is 6.01. The van der Waals surface area contributed by atoms with Crippen LogP contribution in [0.4, 0.5) is 18.9 Å². The van der Waals surface area contributed by atoms with Crippen LogP contribution < -0.4 is 5.32 Å². The summed E-state index contributed by atoms with van der Waals surface area (Å²) in [6, 6.07) is 3.59. The number of benzene rings is 1. The Bertz CT molecular complexity index is 946. The fourth-order valence-electron chi connectivity index (χ4n) is 2.56. The van der Waals surface area contributed by atoms with Gasteiger partial charge in [0.05, 0.1) is 18.8 Å². The summed E-state index contributed by atoms with van der Waals surface area (Å²) < 4.78 is 45.2. The summed E-state index contributed by atoms with van der Waals surface area (Å²) in [6.07, 6.45) is 0.748. The van der Waals surface area contributed by atoms with Crippen LogP contribution in [0, 0.1) is 17.5 Å². The first-order chi connectivity index (χ1) is 13.5. The molecule has 1 amide bonds. The van der Waals surface area contributed by atoms with Crippen molar-refractivity contribution < 1.29 is 22.5 Å². The average molecular weight is 410 g/mol. The summed E-state index contributed by atoms with van der Waals surface area (Å²) in [7, 11) is 0. The molecule has 0 saturated carbocycles. The van der Waals surface area contributed by atoms with Crippen molar-refractivity contribution in [1.82, 2.24) is 15.0 Å². The smallest absolute Gasteiger partial charge is 0.241 e. The molecule has 148 valence electrons. The molecule has 3 rings (SSSR count). The van der Waals surface area contributed by atoms with Gasteiger partial charge in [0.1, 0.15) is 0 Å². The number of halogens is 3. The minimum atomic E-state index is -1.63. The number of carbonyl (C=O) groups excluding carboxylic acids is 1. The van der Waals surface area contributed by atoms with E-state index in [-0.39, 0.29) is 13.1 Å². The summed E-state index contributed by atoms with van der Waals surface area (Å²) in [5.41, 5.74) is 0.423. The second kappa shape index (κ2) is 8.98. The van der Waals surface area contributed by atoms with Crippen molar-refractivity contribution in [3.8, 4) is 11.4 Å². The summed E-state index contributed by atoms with van der Waals surface area (Å²) >= 11 is 1.51. The molecule has 28 heavy (non-hydrogen) atoms. The Hall–Kier alpha value is -2.72. The number of carbonyl (C=O) groups is 1. The number of nitrogens with zero attached hydrogens (tertiary/aromatic N) is 3. The van der Waals surface area contributed by atoms with Gasteiger partial charge >= 0.3 is 0 Å². The Labute approximate surface area is 163 Å². The van der Waals surface area contributed by atoms with E-state index in [4.69, 9.17) is 4.52 Å². The summed E-state index contributed by atoms with van der Waals surface area (Å²) in [4.78, 5) is 18.3. The highest BCUT2D eigenvalue weighted by Gasteiger charge is 2.18. The van der Waals surface area contributed by atoms with E-state index in [1.807, 2.05) is 23.8 Å². The molecule has 0 atom stereocenters. The molecule has 1 aromatic carbocycles. The molecule has 10 heteroatoms. The lowest BCUT2D eigenvalue weighted by Gasteiger charge is -2.19. The zero-order chi connectivity index (χ0) is 20.1. The number of thiophene rings is 1. The van der Waals surface area contributed by atoms with Crippen LogP contribution in [0.3, 0.4) is 0 Å². The van der Waals surface area contributed by atoms with Crippen LogP contribution in [0.5, 0.6) is 0 Å². The highest BCUT2D eigenvalue weighted by Crippen LogP contribution is 2.20. The van der Waals surface area contributed by atoms with Gasteiger partial charge in [-0.2, -0.15) is 16.3 Å². The zero-order valence-electron chi connectivity index (χ0n) is 14.9. The Morgan fingerprint density at radius 1 is 1.25 bits per heavy atom. The maximum Gasteiger partial charge on any atom is 0.241 e. The van der Waals surface area contributed by atoms with Gasteiger partial charge in [0.25, 0.3) is 0 Å². The van der Waals surface area contributed by atoms with Crippen molar-refractivity contribution in [2.24, 2.45) is 0 Å². The largest absolute Gasteiger partial charge is 0.338 e. The molecule has 0 unspecified atom stereocenters. The minimum absolute atomic E-state index is 0.109. The van der Waals surface area contributed by atoms with Crippen molar-refractivity contribution in [3.63, 3.8) is 0 Å². The predicted octanol–water partition coefficient (Wildman–Crippen LogP) is 4.07. The van der Waals surface area contributed by atoms with Crippen molar-refractivity contribution in [1.29, 1.82) is 0 Å². The molecule has 2 aromatic heterocycles. The maximum atomic E-state index is 13.7. The van der Waals surface area contributed by atoms with E-state index < -0.39 is 29.0 Å². The topological polar surface area (TPSA) is 71.3 Å². The molecule has 0 spiro atoms. The number of anilines is 1. The quantitative estimate of drug-likeness (QED) is 0.567. The highest BCUT2D eigenvalue weighted by atomic mass is 32.1. The predicted molar refractivity (Wildman–Crippen MR) is 98.1 cm³/mol. The van der Waals surface area contributed by atoms with Crippen molar-refractivity contribution in [2.45, 2.75) is 19.9 Å². The lowest BCUT2D eigenvalue weighted by atomic mass is 10.2. The third-order valence-corrected chi connectivity index (χ3v) is 4.51. The molecular weight excluding hydrogens is 393 g/mol. The lowest BCUT2D eigenvalue weighted by Crippen LogP contribution is -2.33. The Balaban J connectivity index is 1.64. The fourth-order valence-corrected chi connectivity index (χ4v) is 3.20. The average Bonchev–Trinajstić information content (AvgIpc) is 3.34. The van der Waals surface area contributed by atoms with E-state index in [9.17, 15) is 18.0 Å². The van der Waals surface area contributed by atoms with Gasteiger partial charge in [-0.1, -0.05) is 12.1 Å². The fraction of sp³-hybridized carbons (Fsp3) is 0.278. The van der Waals surface area contributed by atoms with Crippen LogP contribution in [0.25, 0.3) is 11.4 Å². The number of rotatable bonds is 8. The first kappa shape index (κ1) is 20.0. The van der Waals surface area contributed by atoms with Crippen LogP contribution in [-0.2, 0) is 11.3 Å². The van der Waals surface area contributed by atoms with Gasteiger partial charge in [0.15, 0.2) is 17.5 Å². The summed E-state index contributed by atoms with van der Waals surface area (Å²) in [5, 5.41) is 9.96. The van der Waals surface area contributed by atoms with E-state index in [1.54, 1.807) is 4.90 Å². The Morgan fingerprint density at radius 2 is 2.07 bits per heavy atom. The normalized spacial score (nSPS) is 11.2. The number of nitrogens with one attached hydrogen (secondary N) is 1. The van der Waals surface area contributed by atoms with Crippen molar-refractivity contribution in [2.75, 3.05) is 18.4 Å². The van der Waals surface area contributed by atoms with Gasteiger partial charge in [-0.25, -0.2) is 13.2 Å². The van der Waals surface area contributed by atoms with Gasteiger partial charge in [0, 0.05) is 10.9 Å². The van der Waals surface area contributed by atoms with Crippen LogP contribution in [0.15, 0.2) is 33.5 Å². The molecule has 0 aliphatic carbocycles. The molecule has 0 radical (unpaired) electrons. The van der Waals surface area contributed by atoms with Gasteiger partial charge in [0.2, 0.25) is 17.6 Å². The first-order valence-electron chi connectivity index (χ1n) is 8.48. The molecule has 0 saturated heterocycles. The van der Waals surface area contributed by atoms with Crippen LogP contribution >= 0.6 is 11.3 Å². The molecule has 0 fully saturated rings. The van der Waals surface area contributed by atoms with Gasteiger partial charge in [-0.3, -0.25) is 9.69 Å². The number of hydrogen-bond acceptors (Lipinski definition) is 6. The van der Waals surface area contributed by atoms with Crippen LogP contribution in [-0.4, -0.2) is 34.0 Å². The summed E-state index contributed by atoms with van der Waals surface area (Å²) in [6.45, 7) is 2.59. The monoisotopic (exact) mass is 410 g/mol. The summed E-state index contributed by atoms with van der Waals surface area (Å²) in [5.74, 6) is -4.16. The number of aromatic nitrogens is 2. The van der Waals surface area contributed by atoms with Crippen LogP contribution in [0.1, 0.15) is 19.2 Å². The SMILES string of the molecule is CCCN(CC(=O)Nc1ccc(F)c(F)c1F)Cc1nc(-c2ccsc2)no1. The standard InChI is InChI=1S/C18H17F3N4O2S/c1-2-6-25(9-15-23-18(24-27-15)11-5-7-28-10-11)8-14(26)22-13-4-3-12(19)16(20)17(13)21/h3-5,7,10H,2,6,8-9H2,1H3,(H,22,26). The Kier molecular flexibility index (Phi) is 6.42. The van der Waals surface area contributed by atoms with Crippen molar-refractivity contribution >= 4 is 22.9 Å². The minimum Gasteiger partial charge on any atom is -0.338 e. The molecule has 3 aromatic rings. The number of amides is 1. The first-order valence-corrected chi connectivity index (χ1v) is 9.43. The third kappa shape index (κ3) is 4.76. The Morgan fingerprint density at radius 3 is 2.79 bits per heavy atom. The molecule has 6 nitrogen and oxygen atoms in total. The van der Waals surface area contributed by atoms with E-state index in [0.717, 1.165) is 24.1 Å². The molecule has 2 heterocycles. The third-order valence-electron chi connectivity index (χ3n) is 3.82. The maximum absolute atomic E-state index is 13.7. The van der Waals surface area contributed by atoms with Crippen LogP contribution in [0.2, 0.25) is 0 Å². The van der Waals surface area contributed by atoms with E-state index in [2.05, 4.69) is 15.5 Å². The van der Waals surface area contributed by atoms with E-state index >= 15 is 0 Å². The lowest BCUT2D eigenvalue weighted by molar-refractivity contribution is -0.117. The van der Waals surface area contributed by atoms with E-state index in [0.29, 0.717) is 18.3 Å². The number of hydrogen-bond donors (Lipinski definition) is 1. The zero-order valence-corrected chi connectivity index (χ0v) is 15.7. The van der Waals surface area contributed by atoms with E-state index in [1.165, 1.54) is 11.3 Å². The van der Waals surface area contributed by atoms with Crippen molar-refractivity contribution in [3.05, 3.63) is 52.3 Å².